The number of aryl methyl sites for hydroxylation is 1. The summed E-state index contributed by atoms with van der Waals surface area (Å²) in [5.74, 6) is -0.107. The molecule has 0 aliphatic carbocycles. The maximum Gasteiger partial charge on any atom is 0.240 e. The Bertz CT molecular complexity index is 357. The number of ether oxygens (including phenoxy) is 1. The number of methoxy groups -OCH3 is 1. The topological polar surface area (TPSA) is 76.1 Å². The normalized spacial score (nSPS) is 10.6. The van der Waals surface area contributed by atoms with E-state index in [0.29, 0.717) is 18.3 Å². The summed E-state index contributed by atoms with van der Waals surface area (Å²) in [4.78, 5) is 11.5. The molecule has 0 aromatic carbocycles. The van der Waals surface area contributed by atoms with Gasteiger partial charge in [0.25, 0.3) is 0 Å². The number of nitrogens with zero attached hydrogens (tertiary/aromatic N) is 2. The lowest BCUT2D eigenvalue weighted by molar-refractivity contribution is -0.115. The smallest absolute Gasteiger partial charge is 0.240 e. The van der Waals surface area contributed by atoms with E-state index in [4.69, 9.17) is 4.74 Å². The van der Waals surface area contributed by atoms with Crippen LogP contribution in [0.15, 0.2) is 0 Å². The van der Waals surface area contributed by atoms with Crippen LogP contribution in [0.2, 0.25) is 0 Å². The molecule has 1 aromatic heterocycles. The second-order valence-corrected chi connectivity index (χ2v) is 4.88. The van der Waals surface area contributed by atoms with Crippen molar-refractivity contribution in [2.24, 2.45) is 0 Å². The van der Waals surface area contributed by atoms with Crippen LogP contribution in [0, 0.1) is 0 Å². The molecule has 2 N–H and O–H groups in total. The molecule has 0 fully saturated rings. The molecular weight excluding hydrogens is 252 g/mol. The van der Waals surface area contributed by atoms with Gasteiger partial charge in [0, 0.05) is 20.1 Å². The average molecular weight is 272 g/mol. The lowest BCUT2D eigenvalue weighted by atomic mass is 10.3. The number of aromatic nitrogens is 2. The zero-order chi connectivity index (χ0) is 13.2. The van der Waals surface area contributed by atoms with Crippen LogP contribution in [0.4, 0.5) is 5.13 Å². The van der Waals surface area contributed by atoms with Crippen molar-refractivity contribution in [2.45, 2.75) is 26.2 Å². The molecule has 6 nitrogen and oxygen atoms in total. The van der Waals surface area contributed by atoms with Gasteiger partial charge in [0.15, 0.2) is 0 Å². The third-order valence-corrected chi connectivity index (χ3v) is 3.12. The van der Waals surface area contributed by atoms with Crippen molar-refractivity contribution >= 4 is 22.4 Å². The Balaban J connectivity index is 2.24. The van der Waals surface area contributed by atoms with Gasteiger partial charge in [0.05, 0.1) is 13.2 Å². The van der Waals surface area contributed by atoms with Crippen LogP contribution in [0.5, 0.6) is 0 Å². The largest absolute Gasteiger partial charge is 0.383 e. The fourth-order valence-electron chi connectivity index (χ4n) is 1.27. The SMILES string of the molecule is CCCCc1nnc(NC(=O)CNCCOC)s1. The van der Waals surface area contributed by atoms with Crippen molar-refractivity contribution in [2.75, 3.05) is 32.1 Å². The number of unbranched alkanes of at least 4 members (excludes halogenated alkanes) is 1. The summed E-state index contributed by atoms with van der Waals surface area (Å²) in [5.41, 5.74) is 0. The number of carbonyl (C=O) groups excluding carboxylic acids is 1. The predicted octanol–water partition coefficient (Wildman–Crippen LogP) is 1.06. The van der Waals surface area contributed by atoms with E-state index < -0.39 is 0 Å². The summed E-state index contributed by atoms with van der Waals surface area (Å²) in [5, 5.41) is 15.2. The van der Waals surface area contributed by atoms with Crippen LogP contribution in [-0.4, -0.2) is 42.9 Å². The van der Waals surface area contributed by atoms with Crippen molar-refractivity contribution in [1.82, 2.24) is 15.5 Å². The quantitative estimate of drug-likeness (QED) is 0.657. The van der Waals surface area contributed by atoms with E-state index in [0.717, 1.165) is 24.3 Å². The molecule has 0 atom stereocenters. The van der Waals surface area contributed by atoms with Gasteiger partial charge in [-0.1, -0.05) is 24.7 Å². The van der Waals surface area contributed by atoms with Gasteiger partial charge in [-0.3, -0.25) is 10.1 Å². The van der Waals surface area contributed by atoms with Gasteiger partial charge in [-0.05, 0) is 6.42 Å². The summed E-state index contributed by atoms with van der Waals surface area (Å²) in [6.07, 6.45) is 3.15. The van der Waals surface area contributed by atoms with E-state index >= 15 is 0 Å². The molecule has 0 unspecified atom stereocenters. The predicted molar refractivity (Wildman–Crippen MR) is 71.9 cm³/mol. The molecule has 0 saturated carbocycles. The fraction of sp³-hybridized carbons (Fsp3) is 0.727. The number of nitrogens with one attached hydrogen (secondary N) is 2. The van der Waals surface area contributed by atoms with Crippen molar-refractivity contribution in [3.8, 4) is 0 Å². The molecule has 1 aromatic rings. The molecule has 102 valence electrons. The van der Waals surface area contributed by atoms with Gasteiger partial charge in [-0.25, -0.2) is 0 Å². The maximum absolute atomic E-state index is 11.5. The Labute approximate surface area is 111 Å². The van der Waals surface area contributed by atoms with E-state index in [1.807, 2.05) is 0 Å². The van der Waals surface area contributed by atoms with Gasteiger partial charge < -0.3 is 10.1 Å². The van der Waals surface area contributed by atoms with E-state index in [9.17, 15) is 4.79 Å². The summed E-state index contributed by atoms with van der Waals surface area (Å²) >= 11 is 1.44. The number of hydrogen-bond donors (Lipinski definition) is 2. The van der Waals surface area contributed by atoms with Gasteiger partial charge in [0.2, 0.25) is 11.0 Å². The van der Waals surface area contributed by atoms with Crippen LogP contribution < -0.4 is 10.6 Å². The average Bonchev–Trinajstić information content (AvgIpc) is 2.80. The second-order valence-electron chi connectivity index (χ2n) is 3.82. The highest BCUT2D eigenvalue weighted by Gasteiger charge is 2.07. The second kappa shape index (κ2) is 8.96. The number of rotatable bonds is 9. The molecule has 0 radical (unpaired) electrons. The van der Waals surface area contributed by atoms with Crippen molar-refractivity contribution < 1.29 is 9.53 Å². The molecule has 1 amide bonds. The van der Waals surface area contributed by atoms with Gasteiger partial charge in [0.1, 0.15) is 5.01 Å². The molecule has 1 heterocycles. The van der Waals surface area contributed by atoms with Crippen molar-refractivity contribution in [3.63, 3.8) is 0 Å². The summed E-state index contributed by atoms with van der Waals surface area (Å²) < 4.78 is 4.87. The van der Waals surface area contributed by atoms with Gasteiger partial charge in [-0.15, -0.1) is 10.2 Å². The third kappa shape index (κ3) is 6.04. The minimum atomic E-state index is -0.107. The molecule has 0 bridgehead atoms. The Morgan fingerprint density at radius 1 is 1.44 bits per heavy atom. The molecule has 0 spiro atoms. The minimum absolute atomic E-state index is 0.107. The minimum Gasteiger partial charge on any atom is -0.383 e. The van der Waals surface area contributed by atoms with E-state index in [2.05, 4.69) is 27.8 Å². The summed E-state index contributed by atoms with van der Waals surface area (Å²) in [6.45, 7) is 3.64. The van der Waals surface area contributed by atoms with Crippen LogP contribution in [0.25, 0.3) is 0 Å². The first-order chi connectivity index (χ1) is 8.76. The highest BCUT2D eigenvalue weighted by Crippen LogP contribution is 2.16. The lowest BCUT2D eigenvalue weighted by Crippen LogP contribution is -2.30. The molecule has 7 heteroatoms. The Kier molecular flexibility index (Phi) is 7.47. The van der Waals surface area contributed by atoms with Crippen molar-refractivity contribution in [3.05, 3.63) is 5.01 Å². The standard InChI is InChI=1S/C11H20N4O2S/c1-3-4-5-10-14-15-11(18-10)13-9(16)8-12-6-7-17-2/h12H,3-8H2,1-2H3,(H,13,15,16). The van der Waals surface area contributed by atoms with Crippen LogP contribution in [0.3, 0.4) is 0 Å². The molecule has 18 heavy (non-hydrogen) atoms. The van der Waals surface area contributed by atoms with E-state index in [1.165, 1.54) is 11.3 Å². The fourth-order valence-corrected chi connectivity index (χ4v) is 2.07. The zero-order valence-electron chi connectivity index (χ0n) is 10.9. The first kappa shape index (κ1) is 15.0. The zero-order valence-corrected chi connectivity index (χ0v) is 11.7. The number of carbonyl (C=O) groups is 1. The highest BCUT2D eigenvalue weighted by atomic mass is 32.1. The third-order valence-electron chi connectivity index (χ3n) is 2.23. The summed E-state index contributed by atoms with van der Waals surface area (Å²) in [7, 11) is 1.63. The summed E-state index contributed by atoms with van der Waals surface area (Å²) in [6, 6.07) is 0. The number of hydrogen-bond acceptors (Lipinski definition) is 6. The lowest BCUT2D eigenvalue weighted by Gasteiger charge is -2.02. The van der Waals surface area contributed by atoms with Crippen LogP contribution in [0.1, 0.15) is 24.8 Å². The Hall–Kier alpha value is -1.05. The van der Waals surface area contributed by atoms with Crippen molar-refractivity contribution in [1.29, 1.82) is 0 Å². The molecule has 0 saturated heterocycles. The first-order valence-corrected chi connectivity index (χ1v) is 6.89. The van der Waals surface area contributed by atoms with E-state index in [1.54, 1.807) is 7.11 Å². The van der Waals surface area contributed by atoms with Gasteiger partial charge >= 0.3 is 0 Å². The number of amides is 1. The van der Waals surface area contributed by atoms with E-state index in [-0.39, 0.29) is 12.5 Å². The first-order valence-electron chi connectivity index (χ1n) is 6.08. The van der Waals surface area contributed by atoms with Gasteiger partial charge in [-0.2, -0.15) is 0 Å². The number of anilines is 1. The molecular formula is C11H20N4O2S. The molecule has 0 aliphatic heterocycles. The van der Waals surface area contributed by atoms with Crippen LogP contribution in [-0.2, 0) is 16.0 Å². The Morgan fingerprint density at radius 3 is 3.00 bits per heavy atom. The highest BCUT2D eigenvalue weighted by molar-refractivity contribution is 7.15. The molecule has 1 rings (SSSR count). The van der Waals surface area contributed by atoms with Crippen LogP contribution >= 0.6 is 11.3 Å². The molecule has 0 aliphatic rings. The Morgan fingerprint density at radius 2 is 2.28 bits per heavy atom. The monoisotopic (exact) mass is 272 g/mol. The maximum atomic E-state index is 11.5.